The van der Waals surface area contributed by atoms with Crippen molar-refractivity contribution in [3.05, 3.63) is 70.8 Å². The summed E-state index contributed by atoms with van der Waals surface area (Å²) in [5.74, 6) is 1.78. The zero-order valence-electron chi connectivity index (χ0n) is 23.6. The predicted molar refractivity (Wildman–Crippen MR) is 156 cm³/mol. The lowest BCUT2D eigenvalue weighted by Gasteiger charge is -2.32. The van der Waals surface area contributed by atoms with Gasteiger partial charge in [0.05, 0.1) is 11.0 Å². The monoisotopic (exact) mass is 541 g/mol. The Morgan fingerprint density at radius 2 is 1.60 bits per heavy atom. The highest BCUT2D eigenvalue weighted by molar-refractivity contribution is 5.88. The molecule has 1 saturated heterocycles. The molecule has 1 aliphatic rings. The van der Waals surface area contributed by atoms with Gasteiger partial charge in [-0.25, -0.2) is 9.78 Å². The van der Waals surface area contributed by atoms with Gasteiger partial charge in [-0.1, -0.05) is 6.07 Å². The van der Waals surface area contributed by atoms with Gasteiger partial charge in [-0.3, -0.25) is 10.1 Å². The lowest BCUT2D eigenvalue weighted by Crippen LogP contribution is -2.48. The molecule has 0 atom stereocenters. The number of nitrogens with zero attached hydrogens (tertiary/aromatic N) is 3. The zero-order valence-corrected chi connectivity index (χ0v) is 23.6. The van der Waals surface area contributed by atoms with E-state index in [4.69, 9.17) is 14.5 Å². The number of piperazine rings is 1. The highest BCUT2D eigenvalue weighted by atomic mass is 16.6. The van der Waals surface area contributed by atoms with Crippen molar-refractivity contribution in [2.75, 3.05) is 45.2 Å². The van der Waals surface area contributed by atoms with Crippen molar-refractivity contribution in [1.29, 1.82) is 0 Å². The molecule has 0 radical (unpaired) electrons. The summed E-state index contributed by atoms with van der Waals surface area (Å²) in [7, 11) is 2.06. The number of anilines is 1. The quantitative estimate of drug-likeness (QED) is 0.347. The van der Waals surface area contributed by atoms with Crippen molar-refractivity contribution in [3.8, 4) is 22.9 Å². The van der Waals surface area contributed by atoms with Gasteiger partial charge < -0.3 is 24.3 Å². The average molecular weight is 542 g/mol. The molecule has 2 N–H and O–H groups in total. The van der Waals surface area contributed by atoms with Gasteiger partial charge in [0.15, 0.2) is 6.61 Å². The van der Waals surface area contributed by atoms with Crippen molar-refractivity contribution in [2.45, 2.75) is 27.7 Å². The van der Waals surface area contributed by atoms with Gasteiger partial charge in [-0.15, -0.1) is 0 Å². The average Bonchev–Trinajstić information content (AvgIpc) is 3.32. The second kappa shape index (κ2) is 11.4. The van der Waals surface area contributed by atoms with Crippen LogP contribution < -0.4 is 14.8 Å². The fourth-order valence-corrected chi connectivity index (χ4v) is 4.91. The predicted octanol–water partition coefficient (Wildman–Crippen LogP) is 5.23. The summed E-state index contributed by atoms with van der Waals surface area (Å²) in [6.07, 6.45) is -0.560. The number of hydrogen-bond acceptors (Lipinski definition) is 6. The Morgan fingerprint density at radius 3 is 2.30 bits per heavy atom. The number of ether oxygens (including phenoxy) is 2. The van der Waals surface area contributed by atoms with E-state index in [0.717, 1.165) is 65.0 Å². The summed E-state index contributed by atoms with van der Waals surface area (Å²) < 4.78 is 11.4. The van der Waals surface area contributed by atoms with E-state index in [1.54, 1.807) is 12.1 Å². The molecular formula is C31H35N5O4. The molecule has 1 fully saturated rings. The number of fused-ring (bicyclic) bond motifs is 1. The molecule has 1 aliphatic heterocycles. The number of carbonyl (C=O) groups is 2. The van der Waals surface area contributed by atoms with Crippen LogP contribution in [-0.4, -0.2) is 71.6 Å². The molecule has 5 rings (SSSR count). The van der Waals surface area contributed by atoms with Crippen LogP contribution in [0.25, 0.3) is 22.4 Å². The molecule has 1 aromatic heterocycles. The van der Waals surface area contributed by atoms with Crippen molar-refractivity contribution in [1.82, 2.24) is 19.8 Å². The number of carbonyl (C=O) groups excluding carboxylic acids is 2. The SMILES string of the molecule is Cc1ccc(NC(=O)Oc2ccc3nc(-c4c(C)cc(OCC(=O)N5CCN(C)CC5)cc4C)[nH]c3c2)cc1C. The number of hydrogen-bond donors (Lipinski definition) is 2. The van der Waals surface area contributed by atoms with Gasteiger partial charge in [0.2, 0.25) is 0 Å². The number of amides is 2. The van der Waals surface area contributed by atoms with Crippen LogP contribution in [0.15, 0.2) is 48.5 Å². The summed E-state index contributed by atoms with van der Waals surface area (Å²) in [6, 6.07) is 14.9. The van der Waals surface area contributed by atoms with E-state index < -0.39 is 6.09 Å². The number of likely N-dealkylation sites (N-methyl/N-ethyl adjacent to an activating group) is 1. The first kappa shape index (κ1) is 27.2. The first-order chi connectivity index (χ1) is 19.2. The Bertz CT molecular complexity index is 1550. The minimum atomic E-state index is -0.560. The number of H-pyrrole nitrogens is 1. The molecule has 2 heterocycles. The van der Waals surface area contributed by atoms with Gasteiger partial charge in [-0.2, -0.15) is 0 Å². The largest absolute Gasteiger partial charge is 0.484 e. The Morgan fingerprint density at radius 1 is 0.875 bits per heavy atom. The number of aromatic amines is 1. The highest BCUT2D eigenvalue weighted by Crippen LogP contribution is 2.31. The lowest BCUT2D eigenvalue weighted by molar-refractivity contribution is -0.134. The lowest BCUT2D eigenvalue weighted by atomic mass is 10.0. The second-order valence-corrected chi connectivity index (χ2v) is 10.5. The smallest absolute Gasteiger partial charge is 0.417 e. The summed E-state index contributed by atoms with van der Waals surface area (Å²) >= 11 is 0. The number of aromatic nitrogens is 2. The van der Waals surface area contributed by atoms with Crippen LogP contribution in [0.1, 0.15) is 22.3 Å². The van der Waals surface area contributed by atoms with Crippen LogP contribution in [-0.2, 0) is 4.79 Å². The molecule has 0 unspecified atom stereocenters. The summed E-state index contributed by atoms with van der Waals surface area (Å²) in [5, 5.41) is 2.77. The van der Waals surface area contributed by atoms with E-state index in [1.807, 2.05) is 69.0 Å². The standard InChI is InChI=1S/C31H35N5O4/c1-19-6-7-23(14-20(19)2)32-31(38)40-24-8-9-26-27(17-24)34-30(33-26)29-21(3)15-25(16-22(29)4)39-18-28(37)36-12-10-35(5)11-13-36/h6-9,14-17H,10-13,18H2,1-5H3,(H,32,38)(H,33,34). The molecule has 3 aromatic carbocycles. The van der Waals surface area contributed by atoms with E-state index in [1.165, 1.54) is 0 Å². The van der Waals surface area contributed by atoms with Gasteiger partial charge >= 0.3 is 6.09 Å². The van der Waals surface area contributed by atoms with Crippen LogP contribution in [0.5, 0.6) is 11.5 Å². The Hall–Kier alpha value is -4.37. The van der Waals surface area contributed by atoms with Gasteiger partial charge in [-0.05, 0) is 93.4 Å². The maximum Gasteiger partial charge on any atom is 0.417 e. The van der Waals surface area contributed by atoms with Crippen LogP contribution in [0.4, 0.5) is 10.5 Å². The van der Waals surface area contributed by atoms with E-state index >= 15 is 0 Å². The first-order valence-electron chi connectivity index (χ1n) is 13.4. The molecule has 0 bridgehead atoms. The molecular weight excluding hydrogens is 506 g/mol. The Labute approximate surface area is 234 Å². The number of rotatable bonds is 6. The molecule has 0 aliphatic carbocycles. The Balaban J connectivity index is 1.26. The number of nitrogens with one attached hydrogen (secondary N) is 2. The maximum atomic E-state index is 12.6. The van der Waals surface area contributed by atoms with Gasteiger partial charge in [0.25, 0.3) is 5.91 Å². The number of benzene rings is 3. The highest BCUT2D eigenvalue weighted by Gasteiger charge is 2.20. The van der Waals surface area contributed by atoms with E-state index in [-0.39, 0.29) is 12.5 Å². The summed E-state index contributed by atoms with van der Waals surface area (Å²) in [4.78, 5) is 37.2. The third kappa shape index (κ3) is 6.10. The molecule has 4 aromatic rings. The van der Waals surface area contributed by atoms with Crippen molar-refractivity contribution >= 4 is 28.7 Å². The molecule has 9 nitrogen and oxygen atoms in total. The van der Waals surface area contributed by atoms with Crippen molar-refractivity contribution in [3.63, 3.8) is 0 Å². The molecule has 0 saturated carbocycles. The summed E-state index contributed by atoms with van der Waals surface area (Å²) in [5.41, 5.74) is 7.36. The van der Waals surface area contributed by atoms with Gasteiger partial charge in [0.1, 0.15) is 17.3 Å². The normalized spacial score (nSPS) is 13.9. The number of imidazole rings is 1. The van der Waals surface area contributed by atoms with Crippen LogP contribution >= 0.6 is 0 Å². The van der Waals surface area contributed by atoms with E-state index in [2.05, 4.69) is 22.2 Å². The fourth-order valence-electron chi connectivity index (χ4n) is 4.91. The van der Waals surface area contributed by atoms with E-state index in [0.29, 0.717) is 23.0 Å². The van der Waals surface area contributed by atoms with Crippen LogP contribution in [0.3, 0.4) is 0 Å². The maximum absolute atomic E-state index is 12.6. The van der Waals surface area contributed by atoms with E-state index in [9.17, 15) is 9.59 Å². The minimum Gasteiger partial charge on any atom is -0.484 e. The second-order valence-electron chi connectivity index (χ2n) is 10.5. The fraction of sp³-hybridized carbons (Fsp3) is 0.323. The van der Waals surface area contributed by atoms with Crippen LogP contribution in [0.2, 0.25) is 0 Å². The topological polar surface area (TPSA) is 99.8 Å². The van der Waals surface area contributed by atoms with Crippen molar-refractivity contribution < 1.29 is 19.1 Å². The van der Waals surface area contributed by atoms with Gasteiger partial charge in [0, 0.05) is 43.5 Å². The molecule has 40 heavy (non-hydrogen) atoms. The third-order valence-electron chi connectivity index (χ3n) is 7.38. The first-order valence-corrected chi connectivity index (χ1v) is 13.4. The Kier molecular flexibility index (Phi) is 7.75. The molecule has 9 heteroatoms. The molecule has 0 spiro atoms. The summed E-state index contributed by atoms with van der Waals surface area (Å²) in [6.45, 7) is 11.2. The minimum absolute atomic E-state index is 0.00505. The molecule has 2 amide bonds. The zero-order chi connectivity index (χ0) is 28.4. The van der Waals surface area contributed by atoms with Crippen molar-refractivity contribution in [2.24, 2.45) is 0 Å². The third-order valence-corrected chi connectivity index (χ3v) is 7.38. The number of aryl methyl sites for hydroxylation is 4. The molecule has 208 valence electrons. The van der Waals surface area contributed by atoms with Crippen LogP contribution in [0, 0.1) is 27.7 Å².